The molecule has 22 heteroatoms. The van der Waals surface area contributed by atoms with E-state index in [9.17, 15) is 4.39 Å². The van der Waals surface area contributed by atoms with E-state index in [0.717, 1.165) is 124 Å². The number of allylic oxidation sites excluding steroid dienone is 1. The van der Waals surface area contributed by atoms with E-state index in [1.54, 1.807) is 12.1 Å². The van der Waals surface area contributed by atoms with Gasteiger partial charge >= 0.3 is 0 Å². The molecule has 0 spiro atoms. The molecule has 3 aromatic heterocycles. The molecule has 700 valence electrons. The second kappa shape index (κ2) is 45.9. The van der Waals surface area contributed by atoms with Crippen LogP contribution in [0.3, 0.4) is 0 Å². The third-order valence-electron chi connectivity index (χ3n) is 30.0. The molecule has 8 aliphatic heterocycles. The van der Waals surface area contributed by atoms with Gasteiger partial charge in [-0.25, -0.2) is 4.39 Å². The van der Waals surface area contributed by atoms with Crippen LogP contribution in [0, 0.1) is 12.7 Å². The van der Waals surface area contributed by atoms with E-state index >= 15 is 0 Å². The molecule has 11 aromatic rings. The summed E-state index contributed by atoms with van der Waals surface area (Å²) < 4.78 is 13.5. The Morgan fingerprint density at radius 1 is 0.394 bits per heavy atom. The average molecular weight is 1780 g/mol. The number of azide groups is 1. The average Bonchev–Trinajstić information content (AvgIpc) is 1.64. The second-order valence-electron chi connectivity index (χ2n) is 39.4. The molecule has 0 amide bonds. The maximum absolute atomic E-state index is 13.5. The van der Waals surface area contributed by atoms with Gasteiger partial charge in [-0.05, 0) is 286 Å². The molecule has 0 saturated carbocycles. The molecular formula is C110H148FN21. The molecule has 21 nitrogen and oxygen atoms in total. The third-order valence-corrected chi connectivity index (χ3v) is 30.0. The van der Waals surface area contributed by atoms with Crippen LogP contribution in [-0.4, -0.2) is 288 Å². The molecule has 9 aliphatic rings. The van der Waals surface area contributed by atoms with Crippen molar-refractivity contribution in [2.45, 2.75) is 154 Å². The summed E-state index contributed by atoms with van der Waals surface area (Å²) in [4.78, 5) is 41.6. The number of nitrogens with zero attached hydrogens (tertiary/aromatic N) is 14. The number of halogens is 1. The van der Waals surface area contributed by atoms with Gasteiger partial charge in [-0.2, -0.15) is 0 Å². The van der Waals surface area contributed by atoms with Gasteiger partial charge in [0.2, 0.25) is 0 Å². The maximum atomic E-state index is 13.5. The Bertz CT molecular complexity index is 5540. The number of rotatable bonds is 26. The Kier molecular flexibility index (Phi) is 32.7. The van der Waals surface area contributed by atoms with Gasteiger partial charge in [0, 0.05) is 296 Å². The Morgan fingerprint density at radius 2 is 0.773 bits per heavy atom. The van der Waals surface area contributed by atoms with Crippen LogP contribution in [-0.2, 0) is 6.42 Å². The van der Waals surface area contributed by atoms with E-state index < -0.39 is 0 Å². The van der Waals surface area contributed by atoms with E-state index in [-0.39, 0.29) is 5.82 Å². The SMILES string of the molecule is CC(C)N1CCN(CCNC2CCN(c3cccc(-c4cc5cc(N=[N+]=[N-])ccc5[nH]4)c3)CC2)CC1.CCN1CCN(CCNC2CCN(c3cccc(C4=Cc5ccccc5C4)c3)CC2)CC1.CN1CCC(NC2CCN(c3cccc(-c4cc5cc(F)ccc5[nH]4)c3)CC2)CC1.Cc1ccc2[nH]c(-c3cccc(N4CCC(NCCN5CCN(C(C)C)CC5)CC4)c3)cc2c1. The first-order valence-corrected chi connectivity index (χ1v) is 50.3. The lowest BCUT2D eigenvalue weighted by molar-refractivity contribution is 0.108. The van der Waals surface area contributed by atoms with Crippen LogP contribution in [0.15, 0.2) is 199 Å². The molecule has 7 N–H and O–H groups in total. The molecule has 20 rings (SSSR count). The van der Waals surface area contributed by atoms with Crippen LogP contribution in [0.25, 0.3) is 88.6 Å². The fourth-order valence-corrected chi connectivity index (χ4v) is 21.5. The van der Waals surface area contributed by atoms with Crippen LogP contribution >= 0.6 is 0 Å². The molecule has 8 fully saturated rings. The van der Waals surface area contributed by atoms with E-state index in [1.807, 2.05) is 24.3 Å². The molecule has 0 radical (unpaired) electrons. The van der Waals surface area contributed by atoms with Crippen molar-refractivity contribution in [3.63, 3.8) is 0 Å². The Labute approximate surface area is 785 Å². The molecule has 8 saturated heterocycles. The first kappa shape index (κ1) is 93.9. The summed E-state index contributed by atoms with van der Waals surface area (Å²) in [5.74, 6) is -0.196. The smallest absolute Gasteiger partial charge is 0.123 e. The Morgan fingerprint density at radius 3 is 1.20 bits per heavy atom. The number of nitrogens with one attached hydrogen (secondary N) is 7. The van der Waals surface area contributed by atoms with Gasteiger partial charge < -0.3 is 65.6 Å². The number of piperazine rings is 3. The maximum Gasteiger partial charge on any atom is 0.123 e. The van der Waals surface area contributed by atoms with Crippen molar-refractivity contribution in [3.05, 3.63) is 233 Å². The first-order valence-electron chi connectivity index (χ1n) is 50.3. The predicted octanol–water partition coefficient (Wildman–Crippen LogP) is 18.7. The lowest BCUT2D eigenvalue weighted by Crippen LogP contribution is -2.51. The lowest BCUT2D eigenvalue weighted by atomic mass is 9.99. The Balaban J connectivity index is 0.000000123. The highest BCUT2D eigenvalue weighted by Crippen LogP contribution is 2.37. The topological polar surface area (TPSA) is 180 Å². The third kappa shape index (κ3) is 25.4. The van der Waals surface area contributed by atoms with Gasteiger partial charge in [-0.1, -0.05) is 109 Å². The molecule has 0 unspecified atom stereocenters. The molecule has 1 aliphatic carbocycles. The number of piperidine rings is 5. The number of aromatic amines is 3. The predicted molar refractivity (Wildman–Crippen MR) is 553 cm³/mol. The van der Waals surface area contributed by atoms with Gasteiger partial charge in [0.1, 0.15) is 5.82 Å². The second-order valence-corrected chi connectivity index (χ2v) is 39.4. The van der Waals surface area contributed by atoms with E-state index in [1.165, 1.54) is 260 Å². The summed E-state index contributed by atoms with van der Waals surface area (Å²) in [5, 5.41) is 22.4. The normalized spacial score (nSPS) is 19.2. The summed E-state index contributed by atoms with van der Waals surface area (Å²) in [5.41, 5.74) is 31.7. The van der Waals surface area contributed by atoms with Crippen LogP contribution in [0.4, 0.5) is 32.8 Å². The molecule has 11 heterocycles. The van der Waals surface area contributed by atoms with Crippen LogP contribution < -0.4 is 40.9 Å². The number of H-pyrrole nitrogens is 3. The quantitative estimate of drug-likeness (QED) is 0.0155. The number of aromatic nitrogens is 3. The van der Waals surface area contributed by atoms with E-state index in [2.05, 4.69) is 306 Å². The van der Waals surface area contributed by atoms with Crippen molar-refractivity contribution in [1.29, 1.82) is 0 Å². The molecule has 8 aromatic carbocycles. The molecular weight excluding hydrogens is 1630 g/mol. The summed E-state index contributed by atoms with van der Waals surface area (Å²) in [6.45, 7) is 47.6. The number of fused-ring (bicyclic) bond motifs is 4. The van der Waals surface area contributed by atoms with Gasteiger partial charge in [-0.3, -0.25) is 24.5 Å². The minimum absolute atomic E-state index is 0.196. The zero-order chi connectivity index (χ0) is 90.7. The van der Waals surface area contributed by atoms with E-state index in [0.29, 0.717) is 48.0 Å². The number of likely N-dealkylation sites (N-methyl/N-ethyl adjacent to an activating group) is 1. The van der Waals surface area contributed by atoms with Crippen molar-refractivity contribution >= 4 is 72.8 Å². The zero-order valence-corrected chi connectivity index (χ0v) is 80.0. The van der Waals surface area contributed by atoms with E-state index in [4.69, 9.17) is 5.53 Å². The first-order chi connectivity index (χ1) is 64.5. The standard InChI is InChI=1S/C29H41N5.C28H38N8.C28H38N4.C25H31FN4/c1-22(2)33-17-15-32(16-18-33)14-11-30-26-9-12-34(13-10-26)27-6-4-5-24(20-27)29-21-25-19-23(3)7-8-28(25)31-29;1-21(2)35-16-14-34(15-17-35)13-10-30-24-8-11-36(12-9-24)26-5-3-4-22(19-26)28-20-23-18-25(32-33-29)6-7-27(23)31-28;1-2-30-16-18-31(19-17-30)15-12-29-27-10-13-32(14-11-27)28-9-5-8-25(22-28)26-20-23-6-3-4-7-24(23)21-26;1-29-11-7-21(8-12-29)27-22-9-13-30(14-10-22)23-4-2-3-18(16-23)25-17-19-15-20(26)5-6-24(19)28-25/h4-8,19-22,26,30-31H,9-18H2,1-3H3;3-7,18-21,24,30-31H,8-17H2,1-2H3;3-9,20,22,27,29H,2,10-19,21H2,1H3;2-6,15-17,21-22,27-28H,7-14H2,1H3. The van der Waals surface area contributed by atoms with Crippen molar-refractivity contribution in [2.75, 3.05) is 216 Å². The summed E-state index contributed by atoms with van der Waals surface area (Å²) >= 11 is 0. The minimum atomic E-state index is -0.196. The molecule has 132 heavy (non-hydrogen) atoms. The largest absolute Gasteiger partial charge is 0.371 e. The number of likely N-dealkylation sites (tertiary alicyclic amines) is 1. The number of hydrogen-bond acceptors (Lipinski definition) is 16. The molecule has 0 bridgehead atoms. The van der Waals surface area contributed by atoms with Gasteiger partial charge in [0.25, 0.3) is 0 Å². The van der Waals surface area contributed by atoms with Crippen LogP contribution in [0.5, 0.6) is 0 Å². The highest BCUT2D eigenvalue weighted by Gasteiger charge is 2.29. The monoisotopic (exact) mass is 1780 g/mol. The van der Waals surface area contributed by atoms with Gasteiger partial charge in [-0.15, -0.1) is 0 Å². The summed E-state index contributed by atoms with van der Waals surface area (Å²) in [6, 6.07) is 72.8. The van der Waals surface area contributed by atoms with Gasteiger partial charge in [0.15, 0.2) is 0 Å². The van der Waals surface area contributed by atoms with Crippen molar-refractivity contribution in [1.82, 2.24) is 70.5 Å². The van der Waals surface area contributed by atoms with Crippen LogP contribution in [0.1, 0.15) is 121 Å². The fraction of sp³-hybridized carbons (Fsp3) is 0.491. The lowest BCUT2D eigenvalue weighted by Gasteiger charge is -2.38. The number of aryl methyl sites for hydroxylation is 1. The fourth-order valence-electron chi connectivity index (χ4n) is 21.5. The molecule has 0 atom stereocenters. The number of hydrogen-bond donors (Lipinski definition) is 7. The van der Waals surface area contributed by atoms with Crippen molar-refractivity contribution in [3.8, 4) is 33.8 Å². The highest BCUT2D eigenvalue weighted by molar-refractivity contribution is 5.91. The highest BCUT2D eigenvalue weighted by atomic mass is 19.1. The number of benzene rings is 8. The van der Waals surface area contributed by atoms with Crippen molar-refractivity contribution < 1.29 is 4.39 Å². The van der Waals surface area contributed by atoms with Crippen molar-refractivity contribution in [2.24, 2.45) is 5.11 Å². The Hall–Kier alpha value is -9.88. The van der Waals surface area contributed by atoms with Crippen LogP contribution in [0.2, 0.25) is 0 Å². The summed E-state index contributed by atoms with van der Waals surface area (Å²) in [7, 11) is 2.22. The number of anilines is 4. The van der Waals surface area contributed by atoms with Gasteiger partial charge in [0.05, 0.1) is 0 Å². The minimum Gasteiger partial charge on any atom is -0.371 e. The summed E-state index contributed by atoms with van der Waals surface area (Å²) in [6.07, 6.45) is 15.6. The zero-order valence-electron chi connectivity index (χ0n) is 80.0.